The van der Waals surface area contributed by atoms with Crippen molar-refractivity contribution >= 4 is 22.6 Å². The Morgan fingerprint density at radius 1 is 1.08 bits per heavy atom. The summed E-state index contributed by atoms with van der Waals surface area (Å²) in [5.74, 6) is -0.305. The molecule has 4 nitrogen and oxygen atoms in total. The first-order chi connectivity index (χ1) is 11.3. The molecule has 0 saturated carbocycles. The number of carbonyl (C=O) groups excluding carboxylic acids is 1. The number of carbonyl (C=O) groups is 1. The van der Waals surface area contributed by atoms with Crippen molar-refractivity contribution in [2.75, 3.05) is 21.1 Å². The highest BCUT2D eigenvalue weighted by molar-refractivity contribution is 5.90. The number of nitrogens with zero attached hydrogens (tertiary/aromatic N) is 1. The van der Waals surface area contributed by atoms with Crippen LogP contribution in [0.25, 0.3) is 10.9 Å². The fourth-order valence-corrected chi connectivity index (χ4v) is 2.66. The van der Waals surface area contributed by atoms with E-state index in [0.29, 0.717) is 10.0 Å². The van der Waals surface area contributed by atoms with Gasteiger partial charge in [-0.1, -0.05) is 18.2 Å². The number of aromatic nitrogens is 1. The molecule has 0 amide bonds. The summed E-state index contributed by atoms with van der Waals surface area (Å²) in [5.41, 5.74) is 4.79. The number of quaternary nitrogens is 1. The molecule has 1 heterocycles. The van der Waals surface area contributed by atoms with Gasteiger partial charge in [0.1, 0.15) is 12.3 Å². The third kappa shape index (κ3) is 3.49. The summed E-state index contributed by atoms with van der Waals surface area (Å²) in [6, 6.07) is 15.8. The number of aromatic amines is 1. The van der Waals surface area contributed by atoms with Crippen LogP contribution in [0.5, 0.6) is 0 Å². The molecule has 0 saturated heterocycles. The molecule has 3 rings (SSSR count). The zero-order chi connectivity index (χ0) is 17.3. The average molecular weight is 323 g/mol. The second-order valence-corrected chi connectivity index (χ2v) is 7.02. The summed E-state index contributed by atoms with van der Waals surface area (Å²) in [6.45, 7) is 2.29. The number of rotatable bonds is 4. The Kier molecular flexibility index (Phi) is 4.16. The maximum Gasteiger partial charge on any atom is 0.338 e. The van der Waals surface area contributed by atoms with Gasteiger partial charge in [0.25, 0.3) is 0 Å². The number of benzene rings is 2. The molecule has 3 aromatic rings. The summed E-state index contributed by atoms with van der Waals surface area (Å²) in [5, 5.41) is 1.12. The number of hydrogen-bond donors (Lipinski definition) is 1. The van der Waals surface area contributed by atoms with Gasteiger partial charge in [-0.15, -0.1) is 0 Å². The molecule has 0 aliphatic heterocycles. The third-order valence-electron chi connectivity index (χ3n) is 4.05. The number of nitrogens with one attached hydrogen (secondary N) is 1. The van der Waals surface area contributed by atoms with Gasteiger partial charge in [0.05, 0.1) is 32.4 Å². The Balaban J connectivity index is 1.72. The molecule has 0 spiro atoms. The van der Waals surface area contributed by atoms with E-state index in [1.807, 2.05) is 24.3 Å². The lowest BCUT2D eigenvalue weighted by Gasteiger charge is -2.23. The van der Waals surface area contributed by atoms with Gasteiger partial charge in [0.2, 0.25) is 0 Å². The van der Waals surface area contributed by atoms with E-state index in [1.165, 1.54) is 5.56 Å². The van der Waals surface area contributed by atoms with Crippen molar-refractivity contribution in [3.05, 3.63) is 65.4 Å². The quantitative estimate of drug-likeness (QED) is 0.582. The molecule has 0 atom stereocenters. The van der Waals surface area contributed by atoms with Crippen molar-refractivity contribution in [3.8, 4) is 0 Å². The molecule has 124 valence electrons. The maximum atomic E-state index is 12.3. The monoisotopic (exact) mass is 323 g/mol. The van der Waals surface area contributed by atoms with Crippen molar-refractivity contribution in [3.63, 3.8) is 0 Å². The van der Waals surface area contributed by atoms with E-state index in [1.54, 1.807) is 6.07 Å². The van der Waals surface area contributed by atoms with Crippen LogP contribution in [0.4, 0.5) is 5.69 Å². The number of esters is 1. The van der Waals surface area contributed by atoms with Crippen LogP contribution in [0.3, 0.4) is 0 Å². The van der Waals surface area contributed by atoms with Gasteiger partial charge in [0.15, 0.2) is 0 Å². The fraction of sp³-hybridized carbons (Fsp3) is 0.250. The third-order valence-corrected chi connectivity index (χ3v) is 4.05. The molecule has 1 aromatic heterocycles. The molecule has 0 fully saturated rings. The Morgan fingerprint density at radius 3 is 2.62 bits per heavy atom. The van der Waals surface area contributed by atoms with Crippen LogP contribution in [0.15, 0.2) is 48.5 Å². The zero-order valence-corrected chi connectivity index (χ0v) is 14.6. The maximum absolute atomic E-state index is 12.3. The lowest BCUT2D eigenvalue weighted by Crippen LogP contribution is -2.34. The summed E-state index contributed by atoms with van der Waals surface area (Å²) in [4.78, 5) is 15.6. The largest absolute Gasteiger partial charge is 0.456 e. The number of H-pyrrole nitrogens is 1. The number of ether oxygens (including phenoxy) is 1. The van der Waals surface area contributed by atoms with Crippen molar-refractivity contribution in [2.45, 2.75) is 13.5 Å². The predicted octanol–water partition coefficient (Wildman–Crippen LogP) is 4.03. The first kappa shape index (κ1) is 16.3. The second-order valence-electron chi connectivity index (χ2n) is 7.02. The van der Waals surface area contributed by atoms with E-state index in [9.17, 15) is 4.79 Å². The summed E-state index contributed by atoms with van der Waals surface area (Å²) in [7, 11) is 6.20. The van der Waals surface area contributed by atoms with Gasteiger partial charge >= 0.3 is 5.97 Å². The smallest absolute Gasteiger partial charge is 0.338 e. The van der Waals surface area contributed by atoms with Crippen LogP contribution in [-0.2, 0) is 11.3 Å². The van der Waals surface area contributed by atoms with Gasteiger partial charge in [-0.2, -0.15) is 0 Å². The minimum atomic E-state index is -0.305. The van der Waals surface area contributed by atoms with E-state index in [2.05, 4.69) is 51.2 Å². The molecule has 24 heavy (non-hydrogen) atoms. The lowest BCUT2D eigenvalue weighted by molar-refractivity contribution is 0.0468. The Hall–Kier alpha value is -2.59. The molecule has 0 radical (unpaired) electrons. The minimum Gasteiger partial charge on any atom is -0.456 e. The van der Waals surface area contributed by atoms with E-state index in [0.717, 1.165) is 22.3 Å². The van der Waals surface area contributed by atoms with Crippen LogP contribution >= 0.6 is 0 Å². The van der Waals surface area contributed by atoms with Crippen LogP contribution in [0.2, 0.25) is 0 Å². The Bertz CT molecular complexity index is 888. The van der Waals surface area contributed by atoms with Gasteiger partial charge in [-0.25, -0.2) is 4.79 Å². The molecule has 1 N–H and O–H groups in total. The van der Waals surface area contributed by atoms with E-state index in [-0.39, 0.29) is 12.6 Å². The molecule has 0 bridgehead atoms. The van der Waals surface area contributed by atoms with Crippen molar-refractivity contribution in [1.82, 2.24) is 9.47 Å². The molecule has 0 unspecified atom stereocenters. The van der Waals surface area contributed by atoms with Gasteiger partial charge in [-0.3, -0.25) is 4.48 Å². The van der Waals surface area contributed by atoms with Crippen LogP contribution in [0.1, 0.15) is 21.6 Å². The normalized spacial score (nSPS) is 11.7. The fourth-order valence-electron chi connectivity index (χ4n) is 2.66. The first-order valence-corrected chi connectivity index (χ1v) is 8.00. The molecular formula is C20H23N2O2+. The Labute approximate surface area is 142 Å². The molecule has 0 aliphatic carbocycles. The highest BCUT2D eigenvalue weighted by Crippen LogP contribution is 2.20. The van der Waals surface area contributed by atoms with Gasteiger partial charge < -0.3 is 9.72 Å². The topological polar surface area (TPSA) is 42.1 Å². The van der Waals surface area contributed by atoms with E-state index >= 15 is 0 Å². The summed E-state index contributed by atoms with van der Waals surface area (Å²) < 4.78 is 6.12. The van der Waals surface area contributed by atoms with Crippen molar-refractivity contribution in [2.24, 2.45) is 0 Å². The van der Waals surface area contributed by atoms with E-state index in [4.69, 9.17) is 4.74 Å². The summed E-state index contributed by atoms with van der Waals surface area (Å²) >= 11 is 0. The van der Waals surface area contributed by atoms with Crippen LogP contribution in [-0.4, -0.2) is 32.1 Å². The average Bonchev–Trinajstić information content (AvgIpc) is 2.94. The van der Waals surface area contributed by atoms with E-state index < -0.39 is 0 Å². The lowest BCUT2D eigenvalue weighted by atomic mass is 10.2. The van der Waals surface area contributed by atoms with Crippen molar-refractivity contribution < 1.29 is 9.53 Å². The summed E-state index contributed by atoms with van der Waals surface area (Å²) in [6.07, 6.45) is 0. The number of aryl methyl sites for hydroxylation is 1. The van der Waals surface area contributed by atoms with Gasteiger partial charge in [-0.05, 0) is 42.1 Å². The SMILES string of the molecule is Cc1ccc2cc(COC(=O)c3cccc([N+](C)(C)C)c3)[nH]c2c1. The highest BCUT2D eigenvalue weighted by atomic mass is 16.5. The van der Waals surface area contributed by atoms with Gasteiger partial charge in [0, 0.05) is 11.6 Å². The molecule has 4 heteroatoms. The predicted molar refractivity (Wildman–Crippen MR) is 98.2 cm³/mol. The Morgan fingerprint density at radius 2 is 1.88 bits per heavy atom. The molecular weight excluding hydrogens is 300 g/mol. The molecule has 0 aliphatic rings. The van der Waals surface area contributed by atoms with Crippen molar-refractivity contribution in [1.29, 1.82) is 0 Å². The van der Waals surface area contributed by atoms with Crippen LogP contribution < -0.4 is 4.48 Å². The minimum absolute atomic E-state index is 0.237. The molecule has 2 aromatic carbocycles. The first-order valence-electron chi connectivity index (χ1n) is 8.00. The second kappa shape index (κ2) is 6.13. The highest BCUT2D eigenvalue weighted by Gasteiger charge is 2.16. The van der Waals surface area contributed by atoms with Crippen LogP contribution in [0, 0.1) is 6.92 Å². The number of fused-ring (bicyclic) bond motifs is 1. The standard InChI is InChI=1S/C20H23N2O2/c1-14-8-9-15-11-17(21-19(15)10-14)13-24-20(23)16-6-5-7-18(12-16)22(2,3)4/h5-12,21H,13H2,1-4H3/q+1. The zero-order valence-electron chi connectivity index (χ0n) is 14.6. The number of hydrogen-bond acceptors (Lipinski definition) is 2.